The van der Waals surface area contributed by atoms with Gasteiger partial charge in [0.05, 0.1) is 11.4 Å². The lowest BCUT2D eigenvalue weighted by atomic mass is 10.3. The molecule has 1 heterocycles. The summed E-state index contributed by atoms with van der Waals surface area (Å²) in [6.07, 6.45) is 0.833. The van der Waals surface area contributed by atoms with E-state index in [2.05, 4.69) is 0 Å². The zero-order valence-corrected chi connectivity index (χ0v) is 13.2. The Balaban J connectivity index is 2.48. The Labute approximate surface area is 123 Å². The minimum absolute atomic E-state index is 0.343. The molecule has 1 aromatic carbocycles. The topological polar surface area (TPSA) is 63.4 Å². The number of hydrogen-bond donors (Lipinski definition) is 1. The number of nitrogen functional groups attached to an aromatic ring is 1. The minimum atomic E-state index is -3.54. The summed E-state index contributed by atoms with van der Waals surface area (Å²) in [4.78, 5) is 1.06. The van der Waals surface area contributed by atoms with Crippen molar-refractivity contribution in [1.82, 2.24) is 0 Å². The summed E-state index contributed by atoms with van der Waals surface area (Å²) in [6, 6.07) is 10.5. The Bertz CT molecular complexity index is 693. The van der Waals surface area contributed by atoms with Gasteiger partial charge in [0.15, 0.2) is 0 Å². The van der Waals surface area contributed by atoms with Gasteiger partial charge in [0, 0.05) is 11.4 Å². The molecule has 6 heteroatoms. The molecule has 20 heavy (non-hydrogen) atoms. The van der Waals surface area contributed by atoms with Crippen molar-refractivity contribution in [2.45, 2.75) is 24.5 Å². The zero-order valence-electron chi connectivity index (χ0n) is 11.5. The number of rotatable bonds is 5. The van der Waals surface area contributed by atoms with Crippen molar-refractivity contribution in [3.63, 3.8) is 0 Å². The number of benzene rings is 1. The summed E-state index contributed by atoms with van der Waals surface area (Å²) in [5.74, 6) is 0. The second-order valence-corrected chi connectivity index (χ2v) is 7.56. The van der Waals surface area contributed by atoms with Crippen LogP contribution in [-0.4, -0.2) is 15.0 Å². The van der Waals surface area contributed by atoms with Crippen molar-refractivity contribution >= 4 is 32.7 Å². The fourth-order valence-corrected chi connectivity index (χ4v) is 4.89. The molecule has 0 amide bonds. The Kier molecular flexibility index (Phi) is 4.35. The van der Waals surface area contributed by atoms with Crippen LogP contribution in [0.2, 0.25) is 0 Å². The molecule has 0 radical (unpaired) electrons. The number of hydrogen-bond acceptors (Lipinski definition) is 4. The van der Waals surface area contributed by atoms with Gasteiger partial charge < -0.3 is 5.73 Å². The summed E-state index contributed by atoms with van der Waals surface area (Å²) in [6.45, 7) is 4.16. The lowest BCUT2D eigenvalue weighted by Gasteiger charge is -2.23. The molecule has 4 nitrogen and oxygen atoms in total. The summed E-state index contributed by atoms with van der Waals surface area (Å²) in [5, 5.41) is 0. The van der Waals surface area contributed by atoms with Gasteiger partial charge in [0.25, 0.3) is 10.0 Å². The van der Waals surface area contributed by atoms with Gasteiger partial charge in [-0.2, -0.15) is 0 Å². The van der Waals surface area contributed by atoms with Crippen LogP contribution in [0, 0.1) is 0 Å². The lowest BCUT2D eigenvalue weighted by molar-refractivity contribution is 0.594. The predicted octanol–water partition coefficient (Wildman–Crippen LogP) is 3.11. The number of aryl methyl sites for hydroxylation is 1. The normalized spacial score (nSPS) is 11.5. The number of nitrogens with zero attached hydrogens (tertiary/aromatic N) is 1. The van der Waals surface area contributed by atoms with Gasteiger partial charge >= 0.3 is 0 Å². The molecule has 0 saturated heterocycles. The van der Waals surface area contributed by atoms with Gasteiger partial charge in [0.2, 0.25) is 0 Å². The smallest absolute Gasteiger partial charge is 0.273 e. The summed E-state index contributed by atoms with van der Waals surface area (Å²) >= 11 is 1.31. The van der Waals surface area contributed by atoms with Crippen LogP contribution in [0.1, 0.15) is 18.7 Å². The Morgan fingerprint density at radius 2 is 1.85 bits per heavy atom. The average Bonchev–Trinajstić information content (AvgIpc) is 2.91. The standard InChI is InChI=1S/C14H18N2O2S2/c1-3-11-9-10-14(19-11)20(17,18)16(4-2)13-8-6-5-7-12(13)15/h5-10H,3-4,15H2,1-2H3. The molecule has 2 rings (SSSR count). The molecule has 1 aromatic heterocycles. The van der Waals surface area contributed by atoms with Crippen LogP contribution in [-0.2, 0) is 16.4 Å². The van der Waals surface area contributed by atoms with Gasteiger partial charge in [-0.25, -0.2) is 8.42 Å². The molecule has 0 aliphatic rings. The largest absolute Gasteiger partial charge is 0.397 e. The fourth-order valence-electron chi connectivity index (χ4n) is 1.98. The number of nitrogens with two attached hydrogens (primary N) is 1. The third-order valence-electron chi connectivity index (χ3n) is 3.02. The van der Waals surface area contributed by atoms with E-state index in [1.165, 1.54) is 15.6 Å². The Morgan fingerprint density at radius 3 is 2.40 bits per heavy atom. The first-order valence-corrected chi connectivity index (χ1v) is 8.72. The van der Waals surface area contributed by atoms with E-state index in [1.54, 1.807) is 37.3 Å². The monoisotopic (exact) mass is 310 g/mol. The summed E-state index contributed by atoms with van der Waals surface area (Å²) in [5.41, 5.74) is 6.89. The molecule has 0 aliphatic heterocycles. The molecule has 0 fully saturated rings. The van der Waals surface area contributed by atoms with Gasteiger partial charge in [-0.15, -0.1) is 11.3 Å². The molecule has 2 aromatic rings. The van der Waals surface area contributed by atoms with E-state index in [0.29, 0.717) is 22.1 Å². The van der Waals surface area contributed by atoms with Gasteiger partial charge in [-0.3, -0.25) is 4.31 Å². The van der Waals surface area contributed by atoms with Gasteiger partial charge in [-0.1, -0.05) is 19.1 Å². The number of para-hydroxylation sites is 2. The maximum atomic E-state index is 12.7. The van der Waals surface area contributed by atoms with Crippen molar-refractivity contribution in [3.8, 4) is 0 Å². The molecular weight excluding hydrogens is 292 g/mol. The average molecular weight is 310 g/mol. The molecule has 2 N–H and O–H groups in total. The number of anilines is 2. The maximum absolute atomic E-state index is 12.7. The minimum Gasteiger partial charge on any atom is -0.397 e. The molecule has 0 bridgehead atoms. The molecule has 0 aliphatic carbocycles. The second-order valence-electron chi connectivity index (χ2n) is 4.30. The van der Waals surface area contributed by atoms with E-state index in [9.17, 15) is 8.42 Å². The quantitative estimate of drug-likeness (QED) is 0.863. The predicted molar refractivity (Wildman–Crippen MR) is 84.8 cm³/mol. The van der Waals surface area contributed by atoms with Crippen LogP contribution < -0.4 is 10.0 Å². The van der Waals surface area contributed by atoms with E-state index in [-0.39, 0.29) is 0 Å². The van der Waals surface area contributed by atoms with Crippen LogP contribution in [0.3, 0.4) is 0 Å². The van der Waals surface area contributed by atoms with Crippen molar-refractivity contribution in [3.05, 3.63) is 41.3 Å². The highest BCUT2D eigenvalue weighted by atomic mass is 32.2. The molecule has 0 unspecified atom stereocenters. The van der Waals surface area contributed by atoms with E-state index < -0.39 is 10.0 Å². The fraction of sp³-hybridized carbons (Fsp3) is 0.286. The zero-order chi connectivity index (χ0) is 14.8. The third kappa shape index (κ3) is 2.66. The van der Waals surface area contributed by atoms with E-state index >= 15 is 0 Å². The first kappa shape index (κ1) is 14.9. The molecule has 0 atom stereocenters. The lowest BCUT2D eigenvalue weighted by Crippen LogP contribution is -2.30. The molecule has 0 spiro atoms. The van der Waals surface area contributed by atoms with Crippen molar-refractivity contribution < 1.29 is 8.42 Å². The third-order valence-corrected chi connectivity index (χ3v) is 6.61. The Hall–Kier alpha value is -1.53. The van der Waals surface area contributed by atoms with E-state index in [4.69, 9.17) is 5.73 Å². The second kappa shape index (κ2) is 5.85. The molecular formula is C14H18N2O2S2. The maximum Gasteiger partial charge on any atom is 0.273 e. The SMILES string of the molecule is CCc1ccc(S(=O)(=O)N(CC)c2ccccc2N)s1. The number of thiophene rings is 1. The van der Waals surface area contributed by atoms with Crippen LogP contribution in [0.25, 0.3) is 0 Å². The van der Waals surface area contributed by atoms with Crippen LogP contribution in [0.5, 0.6) is 0 Å². The van der Waals surface area contributed by atoms with Gasteiger partial charge in [-0.05, 0) is 37.6 Å². The molecule has 0 saturated carbocycles. The first-order valence-electron chi connectivity index (χ1n) is 6.46. The van der Waals surface area contributed by atoms with Crippen LogP contribution in [0.4, 0.5) is 11.4 Å². The van der Waals surface area contributed by atoms with Crippen molar-refractivity contribution in [1.29, 1.82) is 0 Å². The molecule has 108 valence electrons. The Morgan fingerprint density at radius 1 is 1.15 bits per heavy atom. The first-order chi connectivity index (χ1) is 9.50. The van der Waals surface area contributed by atoms with Crippen LogP contribution in [0.15, 0.2) is 40.6 Å². The van der Waals surface area contributed by atoms with E-state index in [1.807, 2.05) is 13.0 Å². The highest BCUT2D eigenvalue weighted by Crippen LogP contribution is 2.31. The van der Waals surface area contributed by atoms with Crippen molar-refractivity contribution in [2.75, 3.05) is 16.6 Å². The van der Waals surface area contributed by atoms with Crippen molar-refractivity contribution in [2.24, 2.45) is 0 Å². The van der Waals surface area contributed by atoms with Gasteiger partial charge in [0.1, 0.15) is 4.21 Å². The van der Waals surface area contributed by atoms with Crippen LogP contribution >= 0.6 is 11.3 Å². The number of sulfonamides is 1. The van der Waals surface area contributed by atoms with E-state index in [0.717, 1.165) is 11.3 Å². The highest BCUT2D eigenvalue weighted by Gasteiger charge is 2.26. The summed E-state index contributed by atoms with van der Waals surface area (Å²) < 4.78 is 27.2. The highest BCUT2D eigenvalue weighted by molar-refractivity contribution is 7.94. The summed E-state index contributed by atoms with van der Waals surface area (Å²) in [7, 11) is -3.54.